The van der Waals surface area contributed by atoms with Crippen molar-refractivity contribution >= 4 is 0 Å². The van der Waals surface area contributed by atoms with Crippen LogP contribution in [0.4, 0.5) is 8.78 Å². The smallest absolute Gasteiger partial charge is 0.159 e. The maximum absolute atomic E-state index is 13.3. The third-order valence-electron chi connectivity index (χ3n) is 4.06. The number of halogens is 2. The van der Waals surface area contributed by atoms with Gasteiger partial charge in [-0.05, 0) is 48.1 Å². The Labute approximate surface area is 116 Å². The van der Waals surface area contributed by atoms with Crippen molar-refractivity contribution in [2.24, 2.45) is 0 Å². The molecule has 1 aliphatic carbocycles. The molecule has 0 fully saturated rings. The van der Waals surface area contributed by atoms with E-state index in [2.05, 4.69) is 6.07 Å². The molecule has 0 saturated carbocycles. The van der Waals surface area contributed by atoms with Crippen molar-refractivity contribution in [3.05, 3.63) is 70.8 Å². The highest BCUT2D eigenvalue weighted by atomic mass is 19.2. The molecule has 0 bridgehead atoms. The molecule has 0 radical (unpaired) electrons. The summed E-state index contributed by atoms with van der Waals surface area (Å²) in [5.41, 5.74) is 2.23. The Bertz CT molecular complexity index is 702. The van der Waals surface area contributed by atoms with E-state index in [0.717, 1.165) is 24.5 Å². The van der Waals surface area contributed by atoms with Gasteiger partial charge in [-0.2, -0.15) is 5.26 Å². The van der Waals surface area contributed by atoms with Gasteiger partial charge in [0.15, 0.2) is 11.6 Å². The van der Waals surface area contributed by atoms with Crippen molar-refractivity contribution in [3.63, 3.8) is 0 Å². The molecule has 0 aromatic heterocycles. The summed E-state index contributed by atoms with van der Waals surface area (Å²) >= 11 is 0. The van der Waals surface area contributed by atoms with Crippen LogP contribution in [0.25, 0.3) is 0 Å². The van der Waals surface area contributed by atoms with E-state index in [-0.39, 0.29) is 0 Å². The molecule has 2 aromatic rings. The van der Waals surface area contributed by atoms with E-state index in [9.17, 15) is 14.0 Å². The topological polar surface area (TPSA) is 23.8 Å². The van der Waals surface area contributed by atoms with E-state index in [4.69, 9.17) is 0 Å². The molecular weight excluding hydrogens is 256 g/mol. The van der Waals surface area contributed by atoms with Gasteiger partial charge in [-0.1, -0.05) is 30.3 Å². The van der Waals surface area contributed by atoms with E-state index in [1.807, 2.05) is 24.3 Å². The molecule has 0 heterocycles. The van der Waals surface area contributed by atoms with Crippen LogP contribution in [0.5, 0.6) is 0 Å². The summed E-state index contributed by atoms with van der Waals surface area (Å²) in [7, 11) is 0. The molecule has 100 valence electrons. The fraction of sp³-hybridized carbons (Fsp3) is 0.235. The first-order valence-electron chi connectivity index (χ1n) is 6.58. The molecular formula is C17H13F2N. The summed E-state index contributed by atoms with van der Waals surface area (Å²) in [6.07, 6.45) is 1.99. The van der Waals surface area contributed by atoms with Crippen LogP contribution in [0.1, 0.15) is 23.1 Å². The van der Waals surface area contributed by atoms with E-state index in [1.54, 1.807) is 6.07 Å². The monoisotopic (exact) mass is 269 g/mol. The number of hydrogen-bond acceptors (Lipinski definition) is 1. The van der Waals surface area contributed by atoms with E-state index in [0.29, 0.717) is 12.0 Å². The Morgan fingerprint density at radius 2 is 1.90 bits per heavy atom. The van der Waals surface area contributed by atoms with E-state index < -0.39 is 17.0 Å². The Balaban J connectivity index is 2.00. The second kappa shape index (κ2) is 4.72. The zero-order valence-corrected chi connectivity index (χ0v) is 10.9. The van der Waals surface area contributed by atoms with Crippen molar-refractivity contribution in [1.82, 2.24) is 0 Å². The quantitative estimate of drug-likeness (QED) is 0.810. The summed E-state index contributed by atoms with van der Waals surface area (Å²) in [6.45, 7) is 0. The minimum atomic E-state index is -0.859. The van der Waals surface area contributed by atoms with Gasteiger partial charge in [0.2, 0.25) is 0 Å². The lowest BCUT2D eigenvalue weighted by molar-refractivity contribution is 0.500. The molecule has 1 nitrogen and oxygen atoms in total. The van der Waals surface area contributed by atoms with Crippen molar-refractivity contribution in [3.8, 4) is 6.07 Å². The molecule has 3 heteroatoms. The van der Waals surface area contributed by atoms with Crippen LogP contribution in [0.15, 0.2) is 42.5 Å². The predicted molar refractivity (Wildman–Crippen MR) is 72.1 cm³/mol. The molecule has 0 saturated heterocycles. The van der Waals surface area contributed by atoms with Crippen LogP contribution in [0, 0.1) is 23.0 Å². The lowest BCUT2D eigenvalue weighted by atomic mass is 9.78. The highest BCUT2D eigenvalue weighted by Gasteiger charge is 2.38. The summed E-state index contributed by atoms with van der Waals surface area (Å²) in [5.74, 6) is -1.71. The van der Waals surface area contributed by atoms with Crippen LogP contribution in [-0.4, -0.2) is 0 Å². The first kappa shape index (κ1) is 12.8. The first-order chi connectivity index (χ1) is 9.64. The van der Waals surface area contributed by atoms with E-state index >= 15 is 0 Å². The van der Waals surface area contributed by atoms with Crippen molar-refractivity contribution in [2.75, 3.05) is 0 Å². The number of nitrogens with zero attached hydrogens (tertiary/aromatic N) is 1. The van der Waals surface area contributed by atoms with Crippen LogP contribution >= 0.6 is 0 Å². The number of benzene rings is 2. The van der Waals surface area contributed by atoms with Gasteiger partial charge in [0.05, 0.1) is 11.5 Å². The van der Waals surface area contributed by atoms with Crippen molar-refractivity contribution in [1.29, 1.82) is 5.26 Å². The Morgan fingerprint density at radius 3 is 2.65 bits per heavy atom. The van der Waals surface area contributed by atoms with Crippen molar-refractivity contribution < 1.29 is 8.78 Å². The van der Waals surface area contributed by atoms with Gasteiger partial charge in [-0.25, -0.2) is 8.78 Å². The zero-order valence-electron chi connectivity index (χ0n) is 10.9. The van der Waals surface area contributed by atoms with Crippen LogP contribution in [0.2, 0.25) is 0 Å². The molecule has 1 atom stereocenters. The first-order valence-corrected chi connectivity index (χ1v) is 6.58. The average Bonchev–Trinajstić information content (AvgIpc) is 2.83. The van der Waals surface area contributed by atoms with Gasteiger partial charge in [-0.3, -0.25) is 0 Å². The molecule has 20 heavy (non-hydrogen) atoms. The standard InChI is InChI=1S/C17H13F2N/c18-15-6-5-12(9-16(15)19)10-17(11-20)8-7-13-3-1-2-4-14(13)17/h1-6,9H,7-8,10H2. The summed E-state index contributed by atoms with van der Waals surface area (Å²) < 4.78 is 26.3. The Kier molecular flexibility index (Phi) is 3.02. The SMILES string of the molecule is N#CC1(Cc2ccc(F)c(F)c2)CCc2ccccc21. The minimum Gasteiger partial charge on any atom is -0.204 e. The second-order valence-corrected chi connectivity index (χ2v) is 5.28. The fourth-order valence-electron chi connectivity index (χ4n) is 3.03. The molecule has 0 amide bonds. The predicted octanol–water partition coefficient (Wildman–Crippen LogP) is 3.92. The largest absolute Gasteiger partial charge is 0.204 e. The number of hydrogen-bond donors (Lipinski definition) is 0. The Morgan fingerprint density at radius 1 is 1.10 bits per heavy atom. The van der Waals surface area contributed by atoms with Crippen LogP contribution in [0.3, 0.4) is 0 Å². The molecule has 1 aliphatic rings. The number of aryl methyl sites for hydroxylation is 1. The fourth-order valence-corrected chi connectivity index (χ4v) is 3.03. The highest BCUT2D eigenvalue weighted by Crippen LogP contribution is 2.41. The van der Waals surface area contributed by atoms with Crippen molar-refractivity contribution in [2.45, 2.75) is 24.7 Å². The van der Waals surface area contributed by atoms with Gasteiger partial charge in [-0.15, -0.1) is 0 Å². The minimum absolute atomic E-state index is 0.414. The Hall–Kier alpha value is -2.21. The summed E-state index contributed by atoms with van der Waals surface area (Å²) in [6, 6.07) is 14.1. The maximum Gasteiger partial charge on any atom is 0.159 e. The zero-order chi connectivity index (χ0) is 14.2. The van der Waals surface area contributed by atoms with Crippen LogP contribution in [-0.2, 0) is 18.3 Å². The van der Waals surface area contributed by atoms with Gasteiger partial charge in [0, 0.05) is 0 Å². The molecule has 3 rings (SSSR count). The third-order valence-corrected chi connectivity index (χ3v) is 4.06. The highest BCUT2D eigenvalue weighted by molar-refractivity contribution is 5.45. The molecule has 0 N–H and O–H groups in total. The average molecular weight is 269 g/mol. The molecule has 0 spiro atoms. The normalized spacial score (nSPS) is 20.4. The number of fused-ring (bicyclic) bond motifs is 1. The summed E-state index contributed by atoms with van der Waals surface area (Å²) in [4.78, 5) is 0. The third kappa shape index (κ3) is 1.98. The lowest BCUT2D eigenvalue weighted by Crippen LogP contribution is -2.24. The van der Waals surface area contributed by atoms with Gasteiger partial charge < -0.3 is 0 Å². The molecule has 2 aromatic carbocycles. The number of nitriles is 1. The maximum atomic E-state index is 13.3. The van der Waals surface area contributed by atoms with Gasteiger partial charge in [0.1, 0.15) is 0 Å². The van der Waals surface area contributed by atoms with Crippen LogP contribution < -0.4 is 0 Å². The second-order valence-electron chi connectivity index (χ2n) is 5.28. The molecule has 1 unspecified atom stereocenters. The van der Waals surface area contributed by atoms with Gasteiger partial charge >= 0.3 is 0 Å². The van der Waals surface area contributed by atoms with E-state index in [1.165, 1.54) is 11.6 Å². The van der Waals surface area contributed by atoms with Gasteiger partial charge in [0.25, 0.3) is 0 Å². The molecule has 0 aliphatic heterocycles. The number of rotatable bonds is 2. The summed E-state index contributed by atoms with van der Waals surface area (Å²) in [5, 5.41) is 9.63. The lowest BCUT2D eigenvalue weighted by Gasteiger charge is -2.22.